The number of carbonyl (C=O) groups excluding carboxylic acids is 1. The fourth-order valence-electron chi connectivity index (χ4n) is 4.25. The van der Waals surface area contributed by atoms with Crippen LogP contribution >= 0.6 is 11.6 Å². The molecule has 0 saturated heterocycles. The lowest BCUT2D eigenvalue weighted by molar-refractivity contribution is -0.148. The van der Waals surface area contributed by atoms with Gasteiger partial charge in [-0.3, -0.25) is 9.59 Å². The number of ether oxygens (including phenoxy) is 1. The molecule has 2 fully saturated rings. The van der Waals surface area contributed by atoms with Crippen LogP contribution in [0.3, 0.4) is 0 Å². The topological polar surface area (TPSA) is 125 Å². The van der Waals surface area contributed by atoms with Gasteiger partial charge in [-0.1, -0.05) is 30.9 Å². The highest BCUT2D eigenvalue weighted by Gasteiger charge is 2.44. The molecular weight excluding hydrogens is 400 g/mol. The third-order valence-corrected chi connectivity index (χ3v) is 5.95. The first kappa shape index (κ1) is 21.2. The van der Waals surface area contributed by atoms with E-state index in [9.17, 15) is 9.59 Å². The average Bonchev–Trinajstić information content (AvgIpc) is 2.59. The van der Waals surface area contributed by atoms with Gasteiger partial charge in [-0.25, -0.2) is 4.79 Å². The Kier molecular flexibility index (Phi) is 6.21. The van der Waals surface area contributed by atoms with Crippen LogP contribution in [0.1, 0.15) is 57.4 Å². The minimum absolute atomic E-state index is 0.107. The van der Waals surface area contributed by atoms with E-state index in [0.717, 1.165) is 44.6 Å². The summed E-state index contributed by atoms with van der Waals surface area (Å²) in [6.07, 6.45) is 5.86. The van der Waals surface area contributed by atoms with E-state index in [1.54, 1.807) is 6.07 Å². The van der Waals surface area contributed by atoms with Gasteiger partial charge in [0.05, 0.1) is 22.2 Å². The lowest BCUT2D eigenvalue weighted by atomic mass is 9.74. The molecule has 0 aromatic heterocycles. The maximum atomic E-state index is 12.2. The van der Waals surface area contributed by atoms with Crippen LogP contribution < -0.4 is 15.4 Å². The van der Waals surface area contributed by atoms with Crippen LogP contribution in [-0.2, 0) is 15.1 Å². The first-order valence-electron chi connectivity index (χ1n) is 9.73. The molecule has 0 radical (unpaired) electrons. The molecule has 8 nitrogen and oxygen atoms in total. The number of carboxylic acid groups (broad SMARTS) is 2. The molecule has 4 N–H and O–H groups in total. The summed E-state index contributed by atoms with van der Waals surface area (Å²) in [5.74, 6) is -1.23. The molecular formula is C20H25ClN2O6. The van der Waals surface area contributed by atoms with Crippen molar-refractivity contribution in [3.63, 3.8) is 0 Å². The number of hydrogen-bond acceptors (Lipinski definition) is 4. The maximum absolute atomic E-state index is 12.2. The monoisotopic (exact) mass is 424 g/mol. The number of fused-ring (bicyclic) bond motifs is 2. The molecule has 4 rings (SSSR count). The molecule has 2 aliphatic carbocycles. The maximum Gasteiger partial charge on any atom is 0.319 e. The van der Waals surface area contributed by atoms with E-state index >= 15 is 0 Å². The van der Waals surface area contributed by atoms with Gasteiger partial charge in [0.25, 0.3) is 5.97 Å². The van der Waals surface area contributed by atoms with Crippen molar-refractivity contribution in [1.29, 1.82) is 0 Å². The van der Waals surface area contributed by atoms with Crippen molar-refractivity contribution in [1.82, 2.24) is 5.32 Å². The number of urea groups is 1. The van der Waals surface area contributed by atoms with Gasteiger partial charge in [-0.2, -0.15) is 0 Å². The zero-order chi connectivity index (χ0) is 21.2. The largest absolute Gasteiger partial charge is 0.490 e. The van der Waals surface area contributed by atoms with E-state index in [4.69, 9.17) is 31.3 Å². The van der Waals surface area contributed by atoms with Crippen LogP contribution in [0.4, 0.5) is 10.5 Å². The molecule has 2 amide bonds. The standard InChI is InChI=1S/C18H21ClN2O4.C2H4O2/c19-12-4-5-13(25-11-8-10(9-11)16(22)23)14-15(12)20-17(24)21-18(14)6-2-1-3-7-18;1-2(3)4/h4-5,10-11H,1-3,6-9H2,(H,22,23)(H2,20,21,24);1H3,(H,3,4)/t10-,11-;. The molecule has 2 saturated carbocycles. The summed E-state index contributed by atoms with van der Waals surface area (Å²) in [4.78, 5) is 32.2. The first-order chi connectivity index (χ1) is 13.7. The number of nitrogens with one attached hydrogen (secondary N) is 2. The van der Waals surface area contributed by atoms with Gasteiger partial charge >= 0.3 is 12.0 Å². The Bertz CT molecular complexity index is 811. The minimum atomic E-state index is -0.833. The van der Waals surface area contributed by atoms with Crippen LogP contribution in [0.2, 0.25) is 5.02 Å². The molecule has 1 aromatic rings. The summed E-state index contributed by atoms with van der Waals surface area (Å²) in [7, 11) is 0. The summed E-state index contributed by atoms with van der Waals surface area (Å²) in [5.41, 5.74) is 1.09. The molecule has 1 aliphatic heterocycles. The zero-order valence-corrected chi connectivity index (χ0v) is 16.9. The minimum Gasteiger partial charge on any atom is -0.490 e. The number of halogens is 1. The van der Waals surface area contributed by atoms with Crippen molar-refractivity contribution in [2.45, 2.75) is 63.5 Å². The van der Waals surface area contributed by atoms with E-state index in [2.05, 4.69) is 10.6 Å². The summed E-state index contributed by atoms with van der Waals surface area (Å²) in [6, 6.07) is 3.33. The first-order valence-corrected chi connectivity index (χ1v) is 10.1. The Balaban J connectivity index is 0.000000552. The second-order valence-electron chi connectivity index (χ2n) is 7.78. The Morgan fingerprint density at radius 3 is 2.38 bits per heavy atom. The quantitative estimate of drug-likeness (QED) is 0.581. The van der Waals surface area contributed by atoms with E-state index < -0.39 is 17.5 Å². The molecule has 9 heteroatoms. The van der Waals surface area contributed by atoms with E-state index in [1.807, 2.05) is 6.07 Å². The number of anilines is 1. The van der Waals surface area contributed by atoms with Gasteiger partial charge in [0.15, 0.2) is 0 Å². The predicted molar refractivity (Wildman–Crippen MR) is 106 cm³/mol. The Morgan fingerprint density at radius 2 is 1.79 bits per heavy atom. The number of amides is 2. The van der Waals surface area contributed by atoms with Gasteiger partial charge in [0, 0.05) is 12.5 Å². The normalized spacial score (nSPS) is 24.0. The van der Waals surface area contributed by atoms with Crippen LogP contribution in [0.5, 0.6) is 5.75 Å². The van der Waals surface area contributed by atoms with E-state index in [-0.39, 0.29) is 18.1 Å². The number of carbonyl (C=O) groups is 3. The number of aliphatic carboxylic acids is 2. The SMILES string of the molecule is CC(=O)O.O=C1Nc2c(Cl)ccc(O[C@H]3C[C@H](C(=O)O)C3)c2C2(CCCCC2)N1. The number of benzene rings is 1. The van der Waals surface area contributed by atoms with Crippen LogP contribution in [0, 0.1) is 5.92 Å². The average molecular weight is 425 g/mol. The lowest BCUT2D eigenvalue weighted by Crippen LogP contribution is -2.53. The molecule has 0 atom stereocenters. The Hall–Kier alpha value is -2.48. The molecule has 3 aliphatic rings. The summed E-state index contributed by atoms with van der Waals surface area (Å²) in [5, 5.41) is 22.9. The van der Waals surface area contributed by atoms with Gasteiger partial charge < -0.3 is 25.6 Å². The van der Waals surface area contributed by atoms with Crippen LogP contribution in [0.15, 0.2) is 12.1 Å². The van der Waals surface area contributed by atoms with Crippen molar-refractivity contribution in [2.75, 3.05) is 5.32 Å². The van der Waals surface area contributed by atoms with Crippen molar-refractivity contribution in [3.8, 4) is 5.75 Å². The van der Waals surface area contributed by atoms with Gasteiger partial charge in [-0.15, -0.1) is 0 Å². The Labute approximate surface area is 173 Å². The number of rotatable bonds is 3. The molecule has 1 aromatic carbocycles. The van der Waals surface area contributed by atoms with E-state index in [1.165, 1.54) is 0 Å². The molecule has 29 heavy (non-hydrogen) atoms. The van der Waals surface area contributed by atoms with Gasteiger partial charge in [0.1, 0.15) is 11.9 Å². The van der Waals surface area contributed by atoms with E-state index in [0.29, 0.717) is 29.3 Å². The van der Waals surface area contributed by atoms with Gasteiger partial charge in [0.2, 0.25) is 0 Å². The highest BCUT2D eigenvalue weighted by molar-refractivity contribution is 6.34. The highest BCUT2D eigenvalue weighted by Crippen LogP contribution is 2.50. The molecule has 1 spiro atoms. The molecule has 158 valence electrons. The van der Waals surface area contributed by atoms with Crippen molar-refractivity contribution < 1.29 is 29.3 Å². The number of hydrogen-bond donors (Lipinski definition) is 4. The van der Waals surface area contributed by atoms with Crippen molar-refractivity contribution >= 4 is 35.3 Å². The lowest BCUT2D eigenvalue weighted by Gasteiger charge is -2.44. The van der Waals surface area contributed by atoms with Gasteiger partial charge in [-0.05, 0) is 37.8 Å². The second kappa shape index (κ2) is 8.49. The fraction of sp³-hybridized carbons (Fsp3) is 0.550. The Morgan fingerprint density at radius 1 is 1.17 bits per heavy atom. The fourth-order valence-corrected chi connectivity index (χ4v) is 4.46. The second-order valence-corrected chi connectivity index (χ2v) is 8.19. The molecule has 0 bridgehead atoms. The summed E-state index contributed by atoms with van der Waals surface area (Å²) in [6.45, 7) is 1.08. The highest BCUT2D eigenvalue weighted by atomic mass is 35.5. The predicted octanol–water partition coefficient (Wildman–Crippen LogP) is 3.97. The third kappa shape index (κ3) is 4.58. The van der Waals surface area contributed by atoms with Crippen molar-refractivity contribution in [2.24, 2.45) is 5.92 Å². The van der Waals surface area contributed by atoms with Crippen LogP contribution in [0.25, 0.3) is 0 Å². The van der Waals surface area contributed by atoms with Crippen molar-refractivity contribution in [3.05, 3.63) is 22.7 Å². The summed E-state index contributed by atoms with van der Waals surface area (Å²) >= 11 is 6.36. The molecule has 0 unspecified atom stereocenters. The smallest absolute Gasteiger partial charge is 0.319 e. The van der Waals surface area contributed by atoms with Crippen LogP contribution in [-0.4, -0.2) is 34.3 Å². The summed E-state index contributed by atoms with van der Waals surface area (Å²) < 4.78 is 6.13. The third-order valence-electron chi connectivity index (χ3n) is 5.63. The molecule has 1 heterocycles. The zero-order valence-electron chi connectivity index (χ0n) is 16.2. The number of carboxylic acids is 2.